The molecular formula is C18H31IN4O2. The predicted octanol–water partition coefficient (Wildman–Crippen LogP) is 2.24. The number of ether oxygens (including phenoxy) is 2. The van der Waals surface area contributed by atoms with Crippen LogP contribution in [0.25, 0.3) is 0 Å². The second-order valence-electron chi connectivity index (χ2n) is 5.96. The van der Waals surface area contributed by atoms with Crippen molar-refractivity contribution in [3.63, 3.8) is 0 Å². The Morgan fingerprint density at radius 1 is 1.44 bits per heavy atom. The van der Waals surface area contributed by atoms with Gasteiger partial charge in [0.2, 0.25) is 0 Å². The summed E-state index contributed by atoms with van der Waals surface area (Å²) in [5, 5.41) is 6.63. The zero-order valence-electron chi connectivity index (χ0n) is 15.1. The quantitative estimate of drug-likeness (QED) is 0.242. The maximum Gasteiger partial charge on any atom is 0.191 e. The average molecular weight is 462 g/mol. The molecule has 6 nitrogen and oxygen atoms in total. The predicted molar refractivity (Wildman–Crippen MR) is 112 cm³/mol. The Morgan fingerprint density at radius 2 is 2.36 bits per heavy atom. The van der Waals surface area contributed by atoms with Crippen LogP contribution in [-0.2, 0) is 15.9 Å². The van der Waals surface area contributed by atoms with Gasteiger partial charge in [-0.05, 0) is 37.8 Å². The molecule has 0 aliphatic carbocycles. The normalized spacial score (nSPS) is 17.2. The molecule has 1 aliphatic heterocycles. The van der Waals surface area contributed by atoms with Crippen LogP contribution in [0.1, 0.15) is 25.3 Å². The summed E-state index contributed by atoms with van der Waals surface area (Å²) in [5.74, 6) is 1.45. The lowest BCUT2D eigenvalue weighted by molar-refractivity contribution is 0.0893. The van der Waals surface area contributed by atoms with Crippen LogP contribution in [0.3, 0.4) is 0 Å². The highest BCUT2D eigenvalue weighted by Gasteiger charge is 2.15. The van der Waals surface area contributed by atoms with Gasteiger partial charge in [0.15, 0.2) is 5.96 Å². The largest absolute Gasteiger partial charge is 0.381 e. The van der Waals surface area contributed by atoms with E-state index in [-0.39, 0.29) is 24.0 Å². The first-order valence-corrected chi connectivity index (χ1v) is 8.95. The van der Waals surface area contributed by atoms with E-state index in [0.29, 0.717) is 5.92 Å². The van der Waals surface area contributed by atoms with Crippen LogP contribution in [0.2, 0.25) is 0 Å². The van der Waals surface area contributed by atoms with Gasteiger partial charge in [-0.15, -0.1) is 24.0 Å². The third-order valence-corrected chi connectivity index (χ3v) is 3.87. The minimum absolute atomic E-state index is 0. The first-order chi connectivity index (χ1) is 11.9. The van der Waals surface area contributed by atoms with Crippen molar-refractivity contribution in [3.05, 3.63) is 30.1 Å². The van der Waals surface area contributed by atoms with Gasteiger partial charge in [-0.3, -0.25) is 9.98 Å². The SMILES string of the molecule is CCNC(=NCCCOCC1CCOC1)NCCc1cccnc1.I. The third kappa shape index (κ3) is 9.96. The van der Waals surface area contributed by atoms with E-state index in [4.69, 9.17) is 9.47 Å². The van der Waals surface area contributed by atoms with E-state index in [9.17, 15) is 0 Å². The van der Waals surface area contributed by atoms with E-state index in [0.717, 1.165) is 71.3 Å². The minimum Gasteiger partial charge on any atom is -0.381 e. The number of pyridine rings is 1. The number of aliphatic imine (C=N–C) groups is 1. The molecule has 0 amide bonds. The second-order valence-corrected chi connectivity index (χ2v) is 5.96. The van der Waals surface area contributed by atoms with E-state index in [1.54, 1.807) is 6.20 Å². The first-order valence-electron chi connectivity index (χ1n) is 8.95. The number of nitrogens with one attached hydrogen (secondary N) is 2. The van der Waals surface area contributed by atoms with Crippen LogP contribution >= 0.6 is 24.0 Å². The summed E-state index contributed by atoms with van der Waals surface area (Å²) in [4.78, 5) is 8.72. The highest BCUT2D eigenvalue weighted by Crippen LogP contribution is 2.12. The van der Waals surface area contributed by atoms with Crippen molar-refractivity contribution >= 4 is 29.9 Å². The molecule has 1 aromatic rings. The molecule has 1 atom stereocenters. The molecule has 1 saturated heterocycles. The van der Waals surface area contributed by atoms with Gasteiger partial charge in [0, 0.05) is 51.2 Å². The van der Waals surface area contributed by atoms with Crippen molar-refractivity contribution in [1.29, 1.82) is 0 Å². The van der Waals surface area contributed by atoms with E-state index in [2.05, 4.69) is 33.6 Å². The molecule has 2 N–H and O–H groups in total. The molecule has 2 rings (SSSR count). The number of aromatic nitrogens is 1. The molecule has 0 aromatic carbocycles. The molecule has 2 heterocycles. The Labute approximate surface area is 168 Å². The zero-order valence-corrected chi connectivity index (χ0v) is 17.4. The highest BCUT2D eigenvalue weighted by molar-refractivity contribution is 14.0. The summed E-state index contributed by atoms with van der Waals surface area (Å²) in [6, 6.07) is 4.05. The molecule has 0 bridgehead atoms. The van der Waals surface area contributed by atoms with E-state index >= 15 is 0 Å². The fourth-order valence-corrected chi connectivity index (χ4v) is 2.54. The summed E-state index contributed by atoms with van der Waals surface area (Å²) in [6.07, 6.45) is 6.70. The summed E-state index contributed by atoms with van der Waals surface area (Å²) < 4.78 is 11.0. The fourth-order valence-electron chi connectivity index (χ4n) is 2.54. The molecule has 1 aromatic heterocycles. The smallest absolute Gasteiger partial charge is 0.191 e. The van der Waals surface area contributed by atoms with Gasteiger partial charge in [0.1, 0.15) is 0 Å². The summed E-state index contributed by atoms with van der Waals surface area (Å²) in [6.45, 7) is 7.85. The van der Waals surface area contributed by atoms with Crippen LogP contribution in [-0.4, -0.2) is 57.0 Å². The minimum atomic E-state index is 0. The van der Waals surface area contributed by atoms with Crippen molar-refractivity contribution in [1.82, 2.24) is 15.6 Å². The Balaban J connectivity index is 0.00000312. The van der Waals surface area contributed by atoms with Crippen molar-refractivity contribution in [2.45, 2.75) is 26.2 Å². The van der Waals surface area contributed by atoms with Gasteiger partial charge in [-0.25, -0.2) is 0 Å². The van der Waals surface area contributed by atoms with Gasteiger partial charge in [0.25, 0.3) is 0 Å². The molecule has 0 spiro atoms. The second kappa shape index (κ2) is 14.3. The number of hydrogen-bond acceptors (Lipinski definition) is 4. The van der Waals surface area contributed by atoms with Crippen LogP contribution in [0.4, 0.5) is 0 Å². The summed E-state index contributed by atoms with van der Waals surface area (Å²) in [7, 11) is 0. The average Bonchev–Trinajstić information content (AvgIpc) is 3.12. The molecule has 1 aliphatic rings. The standard InChI is InChI=1S/C18H30N4O2.HI/c1-2-20-18(22-10-6-16-5-3-8-19-13-16)21-9-4-11-23-14-17-7-12-24-15-17;/h3,5,8,13,17H,2,4,6-7,9-12,14-15H2,1H3,(H2,20,21,22);1H. The maximum atomic E-state index is 5.70. The topological polar surface area (TPSA) is 67.8 Å². The van der Waals surface area contributed by atoms with Gasteiger partial charge in [0.05, 0.1) is 13.2 Å². The molecule has 0 saturated carbocycles. The zero-order chi connectivity index (χ0) is 16.9. The number of halogens is 1. The number of rotatable bonds is 10. The monoisotopic (exact) mass is 462 g/mol. The fraction of sp³-hybridized carbons (Fsp3) is 0.667. The van der Waals surface area contributed by atoms with Crippen molar-refractivity contribution in [3.8, 4) is 0 Å². The Morgan fingerprint density at radius 3 is 3.08 bits per heavy atom. The number of hydrogen-bond donors (Lipinski definition) is 2. The lowest BCUT2D eigenvalue weighted by Crippen LogP contribution is -2.38. The third-order valence-electron chi connectivity index (χ3n) is 3.87. The summed E-state index contributed by atoms with van der Waals surface area (Å²) >= 11 is 0. The van der Waals surface area contributed by atoms with Crippen molar-refractivity contribution in [2.24, 2.45) is 10.9 Å². The molecule has 142 valence electrons. The van der Waals surface area contributed by atoms with Gasteiger partial charge in [-0.2, -0.15) is 0 Å². The van der Waals surface area contributed by atoms with E-state index in [1.165, 1.54) is 5.56 Å². The van der Waals surface area contributed by atoms with Crippen LogP contribution in [0, 0.1) is 5.92 Å². The van der Waals surface area contributed by atoms with Crippen LogP contribution < -0.4 is 10.6 Å². The van der Waals surface area contributed by atoms with E-state index in [1.807, 2.05) is 12.3 Å². The van der Waals surface area contributed by atoms with Crippen LogP contribution in [0.5, 0.6) is 0 Å². The highest BCUT2D eigenvalue weighted by atomic mass is 127. The van der Waals surface area contributed by atoms with E-state index < -0.39 is 0 Å². The van der Waals surface area contributed by atoms with Crippen LogP contribution in [0.15, 0.2) is 29.5 Å². The van der Waals surface area contributed by atoms with Gasteiger partial charge < -0.3 is 20.1 Å². The molecule has 25 heavy (non-hydrogen) atoms. The summed E-state index contributed by atoms with van der Waals surface area (Å²) in [5.41, 5.74) is 1.23. The molecule has 1 fully saturated rings. The molecule has 0 radical (unpaired) electrons. The Bertz CT molecular complexity index is 467. The lowest BCUT2D eigenvalue weighted by Gasteiger charge is -2.11. The van der Waals surface area contributed by atoms with Gasteiger partial charge in [-0.1, -0.05) is 6.07 Å². The van der Waals surface area contributed by atoms with Gasteiger partial charge >= 0.3 is 0 Å². The molecule has 7 heteroatoms. The van der Waals surface area contributed by atoms with Crippen molar-refractivity contribution < 1.29 is 9.47 Å². The number of nitrogens with zero attached hydrogens (tertiary/aromatic N) is 2. The Kier molecular flexibility index (Phi) is 12.6. The first kappa shape index (κ1) is 22.1. The molecular weight excluding hydrogens is 431 g/mol. The maximum absolute atomic E-state index is 5.70. The molecule has 1 unspecified atom stereocenters. The van der Waals surface area contributed by atoms with Crippen molar-refractivity contribution in [2.75, 3.05) is 46.1 Å². The lowest BCUT2D eigenvalue weighted by atomic mass is 10.1. The number of guanidine groups is 1. The Hall–Kier alpha value is -0.930.